The zero-order valence-corrected chi connectivity index (χ0v) is 11.2. The average Bonchev–Trinajstić information content (AvgIpc) is 2.50. The fraction of sp³-hybridized carbons (Fsp3) is 0.273. The van der Waals surface area contributed by atoms with Crippen LogP contribution >= 0.6 is 11.8 Å². The second-order valence-corrected chi connectivity index (χ2v) is 6.89. The molecule has 2 rings (SSSR count). The summed E-state index contributed by atoms with van der Waals surface area (Å²) in [5, 5.41) is 8.82. The number of hydrogen-bond acceptors (Lipinski definition) is 4. The Morgan fingerprint density at radius 1 is 1.44 bits per heavy atom. The lowest BCUT2D eigenvalue weighted by Gasteiger charge is -2.07. The number of aliphatic carboxylic acids is 1. The minimum absolute atomic E-state index is 0.0358. The molecule has 0 amide bonds. The molecule has 1 N–H and O–H groups in total. The molecule has 0 spiro atoms. The smallest absolute Gasteiger partial charge is 0.304 e. The molecule has 1 unspecified atom stereocenters. The highest BCUT2D eigenvalue weighted by atomic mass is 32.2. The molecule has 1 aromatic carbocycles. The van der Waals surface area contributed by atoms with E-state index in [4.69, 9.17) is 5.11 Å². The van der Waals surface area contributed by atoms with Crippen molar-refractivity contribution in [1.82, 2.24) is 0 Å². The van der Waals surface area contributed by atoms with Crippen LogP contribution in [0.4, 0.5) is 0 Å². The van der Waals surface area contributed by atoms with Gasteiger partial charge < -0.3 is 5.11 Å². The number of sulfonamides is 1. The van der Waals surface area contributed by atoms with Gasteiger partial charge in [-0.15, -0.1) is 11.8 Å². The van der Waals surface area contributed by atoms with E-state index in [2.05, 4.69) is 4.40 Å². The Hall–Kier alpha value is -1.34. The first-order chi connectivity index (χ1) is 8.40. The van der Waals surface area contributed by atoms with Crippen molar-refractivity contribution < 1.29 is 18.3 Å². The molecule has 0 aromatic heterocycles. The van der Waals surface area contributed by atoms with Gasteiger partial charge in [0.2, 0.25) is 0 Å². The van der Waals surface area contributed by atoms with E-state index in [0.29, 0.717) is 10.6 Å². The second-order valence-electron chi connectivity index (χ2n) is 3.89. The van der Waals surface area contributed by atoms with Crippen LogP contribution in [0.5, 0.6) is 0 Å². The van der Waals surface area contributed by atoms with E-state index in [9.17, 15) is 13.2 Å². The summed E-state index contributed by atoms with van der Waals surface area (Å²) in [6, 6.07) is 6.56. The maximum absolute atomic E-state index is 11.7. The van der Waals surface area contributed by atoms with Gasteiger partial charge in [0, 0.05) is 10.8 Å². The first-order valence-corrected chi connectivity index (χ1v) is 7.55. The van der Waals surface area contributed by atoms with Crippen LogP contribution in [0.15, 0.2) is 33.6 Å². The summed E-state index contributed by atoms with van der Waals surface area (Å²) >= 11 is 1.17. The van der Waals surface area contributed by atoms with Gasteiger partial charge in [0.15, 0.2) is 0 Å². The van der Waals surface area contributed by atoms with E-state index >= 15 is 0 Å². The van der Waals surface area contributed by atoms with E-state index in [1.807, 2.05) is 0 Å². The molecule has 96 valence electrons. The number of fused-ring (bicyclic) bond motifs is 1. The summed E-state index contributed by atoms with van der Waals surface area (Å²) in [6.45, 7) is 1.73. The Labute approximate surface area is 109 Å². The number of carboxylic acid groups (broad SMARTS) is 1. The standard InChI is InChI=1S/C11H11NO4S2/c1-7(6-10(13)14)17-11-8-4-2-3-5-9(8)18(15,16)12-11/h2-5,7H,6H2,1H3,(H,13,14). The zero-order chi connectivity index (χ0) is 13.3. The van der Waals surface area contributed by atoms with Crippen molar-refractivity contribution in [2.75, 3.05) is 0 Å². The Morgan fingerprint density at radius 2 is 2.11 bits per heavy atom. The highest BCUT2D eigenvalue weighted by Gasteiger charge is 2.29. The van der Waals surface area contributed by atoms with E-state index in [1.165, 1.54) is 17.8 Å². The van der Waals surface area contributed by atoms with Gasteiger partial charge in [0.25, 0.3) is 10.0 Å². The van der Waals surface area contributed by atoms with Crippen molar-refractivity contribution in [2.24, 2.45) is 4.40 Å². The van der Waals surface area contributed by atoms with Gasteiger partial charge in [-0.3, -0.25) is 4.79 Å². The lowest BCUT2D eigenvalue weighted by atomic mass is 10.2. The van der Waals surface area contributed by atoms with Gasteiger partial charge in [-0.05, 0) is 6.07 Å². The monoisotopic (exact) mass is 285 g/mol. The number of thioether (sulfide) groups is 1. The van der Waals surface area contributed by atoms with Crippen LogP contribution < -0.4 is 0 Å². The van der Waals surface area contributed by atoms with Crippen LogP contribution in [0.1, 0.15) is 18.9 Å². The SMILES string of the molecule is CC(CC(=O)O)SC1=NS(=O)(=O)c2ccccc21. The molecule has 1 heterocycles. The average molecular weight is 285 g/mol. The normalized spacial score (nSPS) is 17.9. The van der Waals surface area contributed by atoms with Crippen molar-refractivity contribution in [1.29, 1.82) is 0 Å². The lowest BCUT2D eigenvalue weighted by Crippen LogP contribution is -2.08. The number of rotatable bonds is 3. The third kappa shape index (κ3) is 2.56. The molecule has 0 fully saturated rings. The number of benzene rings is 1. The Balaban J connectivity index is 2.29. The van der Waals surface area contributed by atoms with Crippen LogP contribution in [0.25, 0.3) is 0 Å². The molecule has 18 heavy (non-hydrogen) atoms. The van der Waals surface area contributed by atoms with E-state index < -0.39 is 16.0 Å². The minimum atomic E-state index is -3.61. The maximum atomic E-state index is 11.7. The maximum Gasteiger partial charge on any atom is 0.304 e. The van der Waals surface area contributed by atoms with Crippen LogP contribution in [-0.2, 0) is 14.8 Å². The third-order valence-electron chi connectivity index (χ3n) is 2.37. The molecule has 0 saturated carbocycles. The molecule has 0 radical (unpaired) electrons. The van der Waals surface area contributed by atoms with Crippen LogP contribution in [0, 0.1) is 0 Å². The van der Waals surface area contributed by atoms with Gasteiger partial charge >= 0.3 is 5.97 Å². The highest BCUT2D eigenvalue weighted by molar-refractivity contribution is 8.16. The van der Waals surface area contributed by atoms with Crippen molar-refractivity contribution in [2.45, 2.75) is 23.5 Å². The quantitative estimate of drug-likeness (QED) is 0.914. The molecular formula is C11H11NO4S2. The fourth-order valence-electron chi connectivity index (χ4n) is 1.64. The van der Waals surface area contributed by atoms with E-state index in [1.54, 1.807) is 25.1 Å². The largest absolute Gasteiger partial charge is 0.481 e. The van der Waals surface area contributed by atoms with Gasteiger partial charge in [0.1, 0.15) is 5.04 Å². The van der Waals surface area contributed by atoms with Crippen molar-refractivity contribution in [3.05, 3.63) is 29.8 Å². The first kappa shape index (κ1) is 13.1. The Kier molecular flexibility index (Phi) is 3.45. The second kappa shape index (κ2) is 4.74. The number of carbonyl (C=O) groups is 1. The topological polar surface area (TPSA) is 83.8 Å². The zero-order valence-electron chi connectivity index (χ0n) is 9.53. The van der Waals surface area contributed by atoms with Crippen molar-refractivity contribution in [3.8, 4) is 0 Å². The Morgan fingerprint density at radius 3 is 2.78 bits per heavy atom. The first-order valence-electron chi connectivity index (χ1n) is 5.23. The third-order valence-corrected chi connectivity index (χ3v) is 4.93. The number of hydrogen-bond donors (Lipinski definition) is 1. The lowest BCUT2D eigenvalue weighted by molar-refractivity contribution is -0.136. The molecule has 1 atom stereocenters. The summed E-state index contributed by atoms with van der Waals surface area (Å²) in [5.41, 5.74) is 0.555. The number of nitrogens with zero attached hydrogens (tertiary/aromatic N) is 1. The van der Waals surface area contributed by atoms with Crippen molar-refractivity contribution in [3.63, 3.8) is 0 Å². The predicted molar refractivity (Wildman–Crippen MR) is 69.5 cm³/mol. The minimum Gasteiger partial charge on any atom is -0.481 e. The molecule has 0 saturated heterocycles. The van der Waals surface area contributed by atoms with Crippen LogP contribution in [0.2, 0.25) is 0 Å². The molecule has 0 bridgehead atoms. The van der Waals surface area contributed by atoms with Gasteiger partial charge in [-0.1, -0.05) is 25.1 Å². The summed E-state index contributed by atoms with van der Waals surface area (Å²) in [5.74, 6) is -0.912. The fourth-order valence-corrected chi connectivity index (χ4v) is 4.19. The summed E-state index contributed by atoms with van der Waals surface area (Å²) in [4.78, 5) is 10.8. The molecule has 7 heteroatoms. The molecule has 0 aliphatic carbocycles. The van der Waals surface area contributed by atoms with Crippen molar-refractivity contribution >= 4 is 32.8 Å². The van der Waals surface area contributed by atoms with E-state index in [0.717, 1.165) is 0 Å². The predicted octanol–water partition coefficient (Wildman–Crippen LogP) is 1.73. The van der Waals surface area contributed by atoms with Gasteiger partial charge in [-0.25, -0.2) is 0 Å². The van der Waals surface area contributed by atoms with E-state index in [-0.39, 0.29) is 16.6 Å². The molecule has 1 aliphatic heterocycles. The summed E-state index contributed by atoms with van der Waals surface area (Å²) < 4.78 is 27.2. The highest BCUT2D eigenvalue weighted by Crippen LogP contribution is 2.32. The Bertz CT molecular complexity index is 622. The molecule has 1 aliphatic rings. The van der Waals surface area contributed by atoms with Gasteiger partial charge in [0.05, 0.1) is 11.3 Å². The molecular weight excluding hydrogens is 274 g/mol. The number of carboxylic acids is 1. The summed E-state index contributed by atoms with van der Waals surface area (Å²) in [7, 11) is -3.61. The molecule has 1 aromatic rings. The van der Waals surface area contributed by atoms with Crippen LogP contribution in [0.3, 0.4) is 0 Å². The molecule has 5 nitrogen and oxygen atoms in total. The van der Waals surface area contributed by atoms with Gasteiger partial charge in [-0.2, -0.15) is 12.8 Å². The van der Waals surface area contributed by atoms with Crippen LogP contribution in [-0.4, -0.2) is 29.8 Å². The summed E-state index contributed by atoms with van der Waals surface area (Å²) in [6.07, 6.45) is -0.0358.